The van der Waals surface area contributed by atoms with Crippen molar-refractivity contribution >= 4 is 23.0 Å². The Kier molecular flexibility index (Phi) is 4.84. The van der Waals surface area contributed by atoms with Gasteiger partial charge in [-0.3, -0.25) is 19.3 Å². The third kappa shape index (κ3) is 3.06. The van der Waals surface area contributed by atoms with Gasteiger partial charge in [-0.05, 0) is 37.1 Å². The molecule has 1 atom stereocenters. The van der Waals surface area contributed by atoms with Crippen molar-refractivity contribution in [3.05, 3.63) is 50.3 Å². The molecule has 0 saturated heterocycles. The van der Waals surface area contributed by atoms with Crippen LogP contribution < -0.4 is 21.1 Å². The van der Waals surface area contributed by atoms with E-state index in [1.165, 1.54) is 11.8 Å². The number of nitriles is 1. The molecule has 2 aromatic rings. The molecule has 0 spiro atoms. The molecule has 0 fully saturated rings. The van der Waals surface area contributed by atoms with Gasteiger partial charge in [0.1, 0.15) is 11.4 Å². The lowest BCUT2D eigenvalue weighted by Crippen LogP contribution is -2.44. The molecular weight excluding hydrogens is 306 g/mol. The Labute approximate surface area is 140 Å². The fraction of sp³-hybridized carbons (Fsp3) is 0.333. The first-order valence-corrected chi connectivity index (χ1v) is 7.68. The van der Waals surface area contributed by atoms with Gasteiger partial charge in [-0.15, -0.1) is 0 Å². The Bertz CT molecular complexity index is 868. The minimum atomic E-state index is -0.687. The van der Waals surface area contributed by atoms with Gasteiger partial charge in [-0.25, -0.2) is 0 Å². The summed E-state index contributed by atoms with van der Waals surface area (Å²) in [7, 11) is 0. The summed E-state index contributed by atoms with van der Waals surface area (Å²) in [5, 5.41) is 11.9. The number of hydrogen-bond donors (Lipinski definition) is 1. The number of hydrogen-bond acceptors (Lipinski definition) is 5. The molecule has 0 heterocycles. The fourth-order valence-electron chi connectivity index (χ4n) is 2.27. The van der Waals surface area contributed by atoms with Gasteiger partial charge in [0.15, 0.2) is 0 Å². The molecule has 0 radical (unpaired) electrons. The van der Waals surface area contributed by atoms with E-state index in [4.69, 9.17) is 5.26 Å². The van der Waals surface area contributed by atoms with Crippen molar-refractivity contribution in [3.8, 4) is 6.07 Å². The summed E-state index contributed by atoms with van der Waals surface area (Å²) in [4.78, 5) is 37.3. The van der Waals surface area contributed by atoms with Gasteiger partial charge in [0, 0.05) is 18.7 Å². The van der Waals surface area contributed by atoms with Crippen LogP contribution in [0.4, 0.5) is 17.1 Å². The van der Waals surface area contributed by atoms with Gasteiger partial charge < -0.3 is 5.32 Å². The number of benzene rings is 1. The Morgan fingerprint density at radius 2 is 1.71 bits per heavy atom. The quantitative estimate of drug-likeness (QED) is 0.852. The molecule has 6 heteroatoms. The highest BCUT2D eigenvalue weighted by molar-refractivity contribution is 6.03. The van der Waals surface area contributed by atoms with Crippen LogP contribution in [-0.4, -0.2) is 11.9 Å². The second-order valence-electron chi connectivity index (χ2n) is 6.07. The van der Waals surface area contributed by atoms with E-state index in [2.05, 4.69) is 5.32 Å². The smallest absolute Gasteiger partial charge is 0.254 e. The van der Waals surface area contributed by atoms with Crippen LogP contribution in [0.5, 0.6) is 0 Å². The number of rotatable bonds is 5. The highest BCUT2D eigenvalue weighted by Crippen LogP contribution is 2.30. The highest BCUT2D eigenvalue weighted by Gasteiger charge is 2.30. The summed E-state index contributed by atoms with van der Waals surface area (Å²) >= 11 is 0. The Morgan fingerprint density at radius 1 is 1.12 bits per heavy atom. The maximum Gasteiger partial charge on any atom is 0.254 e. The van der Waals surface area contributed by atoms with Gasteiger partial charge >= 0.3 is 0 Å². The first kappa shape index (κ1) is 17.4. The lowest BCUT2D eigenvalue weighted by Gasteiger charge is -2.27. The van der Waals surface area contributed by atoms with Gasteiger partial charge in [0.25, 0.3) is 10.9 Å². The summed E-state index contributed by atoms with van der Waals surface area (Å²) in [6.45, 7) is 7.22. The molecule has 0 saturated carbocycles. The van der Waals surface area contributed by atoms with Crippen molar-refractivity contribution in [2.75, 3.05) is 10.2 Å². The number of anilines is 3. The zero-order valence-corrected chi connectivity index (χ0v) is 14.1. The Morgan fingerprint density at radius 3 is 2.17 bits per heavy atom. The van der Waals surface area contributed by atoms with Crippen LogP contribution in [0.2, 0.25) is 0 Å². The summed E-state index contributed by atoms with van der Waals surface area (Å²) in [5.41, 5.74) is -0.191. The number of carbonyl (C=O) groups is 1. The molecule has 124 valence electrons. The number of nitrogens with zero attached hydrogens (tertiary/aromatic N) is 2. The zero-order valence-electron chi connectivity index (χ0n) is 14.1. The van der Waals surface area contributed by atoms with E-state index in [9.17, 15) is 14.4 Å². The van der Waals surface area contributed by atoms with Crippen LogP contribution in [0, 0.1) is 17.2 Å². The van der Waals surface area contributed by atoms with Crippen LogP contribution in [0.3, 0.4) is 0 Å². The molecule has 2 aromatic carbocycles. The van der Waals surface area contributed by atoms with Crippen LogP contribution in [0.25, 0.3) is 0 Å². The molecule has 0 bridgehead atoms. The average Bonchev–Trinajstić information content (AvgIpc) is 2.57. The minimum Gasteiger partial charge on any atom is -0.377 e. The van der Waals surface area contributed by atoms with Gasteiger partial charge in [0.2, 0.25) is 5.91 Å². The third-order valence-corrected chi connectivity index (χ3v) is 4.05. The van der Waals surface area contributed by atoms with E-state index < -0.39 is 10.9 Å². The normalized spacial score (nSPS) is 12.0. The maximum atomic E-state index is 12.1. The van der Waals surface area contributed by atoms with Gasteiger partial charge in [-0.1, -0.05) is 13.8 Å². The van der Waals surface area contributed by atoms with E-state index in [0.717, 1.165) is 0 Å². The Hall–Kier alpha value is -2.94. The summed E-state index contributed by atoms with van der Waals surface area (Å²) < 4.78 is 0. The van der Waals surface area contributed by atoms with Crippen molar-refractivity contribution in [1.82, 2.24) is 0 Å². The topological polar surface area (TPSA) is 90.3 Å². The molecular formula is C18H19N3O3. The molecule has 0 aliphatic carbocycles. The summed E-state index contributed by atoms with van der Waals surface area (Å²) in [6, 6.07) is 8.23. The predicted octanol–water partition coefficient (Wildman–Crippen LogP) is 2.30. The maximum absolute atomic E-state index is 12.1. The first-order chi connectivity index (χ1) is 11.3. The highest BCUT2D eigenvalue weighted by atomic mass is 16.2. The molecule has 24 heavy (non-hydrogen) atoms. The predicted molar refractivity (Wildman–Crippen MR) is 93.3 cm³/mol. The van der Waals surface area contributed by atoms with E-state index in [0.29, 0.717) is 11.3 Å². The second kappa shape index (κ2) is 6.67. The molecule has 2 rings (SSSR count). The number of carbonyl (C=O) groups excluding carboxylic acids is 1. The average molecular weight is 325 g/mol. The van der Waals surface area contributed by atoms with Gasteiger partial charge in [-0.2, -0.15) is 5.26 Å². The lowest BCUT2D eigenvalue weighted by molar-refractivity contribution is -0.115. The summed E-state index contributed by atoms with van der Waals surface area (Å²) in [5.74, 6) is -0.130. The minimum absolute atomic E-state index is 0.0261. The van der Waals surface area contributed by atoms with E-state index in [-0.39, 0.29) is 29.2 Å². The second-order valence-corrected chi connectivity index (χ2v) is 6.07. The monoisotopic (exact) mass is 325 g/mol. The van der Waals surface area contributed by atoms with Crippen molar-refractivity contribution in [2.24, 2.45) is 5.92 Å². The summed E-state index contributed by atoms with van der Waals surface area (Å²) in [6.07, 6.45) is 0. The molecule has 0 aliphatic rings. The SMILES string of the molecule is CC(=O)N(c1ccc(C#N)cc1)c1c(NC(C)C(C)C)c(=O)c1=O. The van der Waals surface area contributed by atoms with Crippen LogP contribution in [-0.2, 0) is 4.79 Å². The first-order valence-electron chi connectivity index (χ1n) is 7.68. The zero-order chi connectivity index (χ0) is 18.0. The number of amides is 1. The molecule has 1 unspecified atom stereocenters. The van der Waals surface area contributed by atoms with E-state index >= 15 is 0 Å². The van der Waals surface area contributed by atoms with Gasteiger partial charge in [0.05, 0.1) is 11.6 Å². The van der Waals surface area contributed by atoms with E-state index in [1.54, 1.807) is 24.3 Å². The molecule has 1 amide bonds. The molecule has 1 N–H and O–H groups in total. The molecule has 0 aromatic heterocycles. The van der Waals surface area contributed by atoms with Crippen molar-refractivity contribution < 1.29 is 4.79 Å². The van der Waals surface area contributed by atoms with Crippen LogP contribution in [0.1, 0.15) is 33.3 Å². The van der Waals surface area contributed by atoms with Crippen LogP contribution >= 0.6 is 0 Å². The van der Waals surface area contributed by atoms with Crippen LogP contribution in [0.15, 0.2) is 33.9 Å². The Balaban J connectivity index is 2.48. The molecule has 6 nitrogen and oxygen atoms in total. The van der Waals surface area contributed by atoms with Crippen molar-refractivity contribution in [2.45, 2.75) is 33.7 Å². The molecule has 0 aliphatic heterocycles. The van der Waals surface area contributed by atoms with Crippen molar-refractivity contribution in [3.63, 3.8) is 0 Å². The third-order valence-electron chi connectivity index (χ3n) is 4.05. The number of nitrogens with one attached hydrogen (secondary N) is 1. The fourth-order valence-corrected chi connectivity index (χ4v) is 2.27. The standard InChI is InChI=1S/C18H19N3O3/c1-10(2)11(3)20-15-16(18(24)17(15)23)21(12(4)22)14-7-5-13(9-19)6-8-14/h5-8,10-11,20H,1-4H3. The van der Waals surface area contributed by atoms with E-state index in [1.807, 2.05) is 26.8 Å². The largest absolute Gasteiger partial charge is 0.377 e. The van der Waals surface area contributed by atoms with Crippen molar-refractivity contribution in [1.29, 1.82) is 5.26 Å². The lowest BCUT2D eigenvalue weighted by atomic mass is 10.0.